The van der Waals surface area contributed by atoms with Crippen LogP contribution < -0.4 is 5.32 Å². The molecule has 2 rings (SSSR count). The van der Waals surface area contributed by atoms with Crippen LogP contribution >= 0.6 is 0 Å². The number of aliphatic hydroxyl groups excluding tert-OH is 1. The third-order valence-electron chi connectivity index (χ3n) is 3.33. The summed E-state index contributed by atoms with van der Waals surface area (Å²) in [4.78, 5) is 12.0. The Morgan fingerprint density at radius 1 is 1.41 bits per heavy atom. The van der Waals surface area contributed by atoms with Crippen LogP contribution in [0.3, 0.4) is 0 Å². The minimum absolute atomic E-state index is 0.120. The van der Waals surface area contributed by atoms with Crippen molar-refractivity contribution in [3.05, 3.63) is 23.2 Å². The Kier molecular flexibility index (Phi) is 3.52. The SMILES string of the molecule is Cc1cc(C(=O)N[C@H]2CCCC[C@@H]2O)c(C)o1. The molecule has 0 bridgehead atoms. The zero-order valence-electron chi connectivity index (χ0n) is 10.3. The molecule has 1 aromatic heterocycles. The van der Waals surface area contributed by atoms with E-state index in [1.165, 1.54) is 0 Å². The summed E-state index contributed by atoms with van der Waals surface area (Å²) in [5.74, 6) is 1.22. The summed E-state index contributed by atoms with van der Waals surface area (Å²) in [6.45, 7) is 3.60. The van der Waals surface area contributed by atoms with E-state index in [4.69, 9.17) is 4.42 Å². The summed E-state index contributed by atoms with van der Waals surface area (Å²) in [6, 6.07) is 1.62. The fraction of sp³-hybridized carbons (Fsp3) is 0.615. The first-order valence-corrected chi connectivity index (χ1v) is 6.14. The molecule has 0 saturated heterocycles. The lowest BCUT2D eigenvalue weighted by Gasteiger charge is -2.28. The molecule has 2 N–H and O–H groups in total. The van der Waals surface area contributed by atoms with E-state index in [-0.39, 0.29) is 11.9 Å². The van der Waals surface area contributed by atoms with Gasteiger partial charge >= 0.3 is 0 Å². The highest BCUT2D eigenvalue weighted by molar-refractivity contribution is 5.95. The molecule has 1 heterocycles. The van der Waals surface area contributed by atoms with Crippen molar-refractivity contribution in [1.82, 2.24) is 5.32 Å². The Hall–Kier alpha value is -1.29. The van der Waals surface area contributed by atoms with Crippen molar-refractivity contribution in [2.75, 3.05) is 0 Å². The number of aryl methyl sites for hydroxylation is 2. The van der Waals surface area contributed by atoms with Crippen LogP contribution in [0, 0.1) is 13.8 Å². The van der Waals surface area contributed by atoms with Gasteiger partial charge in [-0.05, 0) is 32.8 Å². The summed E-state index contributed by atoms with van der Waals surface area (Å²) in [6.07, 6.45) is 3.31. The van der Waals surface area contributed by atoms with E-state index >= 15 is 0 Å². The second-order valence-electron chi connectivity index (χ2n) is 4.76. The van der Waals surface area contributed by atoms with Crippen molar-refractivity contribution in [2.45, 2.75) is 51.7 Å². The smallest absolute Gasteiger partial charge is 0.255 e. The van der Waals surface area contributed by atoms with Gasteiger partial charge < -0.3 is 14.8 Å². The van der Waals surface area contributed by atoms with Gasteiger partial charge in [-0.25, -0.2) is 0 Å². The molecular formula is C13H19NO3. The van der Waals surface area contributed by atoms with E-state index in [9.17, 15) is 9.90 Å². The molecule has 1 saturated carbocycles. The predicted molar refractivity (Wildman–Crippen MR) is 63.9 cm³/mol. The van der Waals surface area contributed by atoms with Gasteiger partial charge in [0.05, 0.1) is 17.7 Å². The number of aliphatic hydroxyl groups is 1. The fourth-order valence-corrected chi connectivity index (χ4v) is 2.38. The van der Waals surface area contributed by atoms with Gasteiger partial charge in [-0.1, -0.05) is 12.8 Å². The molecule has 0 unspecified atom stereocenters. The highest BCUT2D eigenvalue weighted by atomic mass is 16.3. The van der Waals surface area contributed by atoms with Gasteiger partial charge in [-0.2, -0.15) is 0 Å². The van der Waals surface area contributed by atoms with Crippen LogP contribution in [-0.2, 0) is 0 Å². The molecule has 1 aromatic rings. The summed E-state index contributed by atoms with van der Waals surface area (Å²) < 4.78 is 5.33. The number of furan rings is 1. The van der Waals surface area contributed by atoms with Gasteiger partial charge in [-0.15, -0.1) is 0 Å². The van der Waals surface area contributed by atoms with E-state index in [0.717, 1.165) is 31.4 Å². The first-order valence-electron chi connectivity index (χ1n) is 6.14. The third-order valence-corrected chi connectivity index (χ3v) is 3.33. The normalized spacial score (nSPS) is 24.6. The van der Waals surface area contributed by atoms with E-state index in [1.807, 2.05) is 6.92 Å². The van der Waals surface area contributed by atoms with Crippen LogP contribution in [0.1, 0.15) is 47.6 Å². The molecule has 4 heteroatoms. The maximum atomic E-state index is 12.0. The quantitative estimate of drug-likeness (QED) is 0.826. The van der Waals surface area contributed by atoms with Crippen LogP contribution in [0.15, 0.2) is 10.5 Å². The van der Waals surface area contributed by atoms with E-state index in [0.29, 0.717) is 11.3 Å². The first-order chi connectivity index (χ1) is 8.08. The monoisotopic (exact) mass is 237 g/mol. The van der Waals surface area contributed by atoms with Crippen LogP contribution in [0.25, 0.3) is 0 Å². The number of carbonyl (C=O) groups excluding carboxylic acids is 1. The van der Waals surface area contributed by atoms with E-state index in [2.05, 4.69) is 5.32 Å². The average Bonchev–Trinajstić information content (AvgIpc) is 2.61. The Balaban J connectivity index is 2.03. The maximum Gasteiger partial charge on any atom is 0.255 e. The number of carbonyl (C=O) groups is 1. The zero-order valence-corrected chi connectivity index (χ0v) is 10.3. The Morgan fingerprint density at radius 3 is 2.71 bits per heavy atom. The molecule has 0 aromatic carbocycles. The molecule has 1 amide bonds. The van der Waals surface area contributed by atoms with Crippen molar-refractivity contribution in [3.8, 4) is 0 Å². The highest BCUT2D eigenvalue weighted by Crippen LogP contribution is 2.20. The summed E-state index contributed by atoms with van der Waals surface area (Å²) in [5.41, 5.74) is 0.570. The average molecular weight is 237 g/mol. The molecule has 1 aliphatic rings. The minimum atomic E-state index is -0.416. The van der Waals surface area contributed by atoms with Gasteiger partial charge in [-0.3, -0.25) is 4.79 Å². The van der Waals surface area contributed by atoms with Crippen molar-refractivity contribution in [3.63, 3.8) is 0 Å². The summed E-state index contributed by atoms with van der Waals surface area (Å²) >= 11 is 0. The molecule has 0 aliphatic heterocycles. The van der Waals surface area contributed by atoms with E-state index < -0.39 is 6.10 Å². The van der Waals surface area contributed by atoms with Crippen LogP contribution in [0.5, 0.6) is 0 Å². The molecule has 4 nitrogen and oxygen atoms in total. The summed E-state index contributed by atoms with van der Waals surface area (Å²) in [5, 5.41) is 12.7. The highest BCUT2D eigenvalue weighted by Gasteiger charge is 2.25. The molecular weight excluding hydrogens is 218 g/mol. The molecule has 0 radical (unpaired) electrons. The van der Waals surface area contributed by atoms with Crippen molar-refractivity contribution in [1.29, 1.82) is 0 Å². The number of rotatable bonds is 2. The number of hydrogen-bond acceptors (Lipinski definition) is 3. The Labute approximate surface area is 101 Å². The lowest BCUT2D eigenvalue weighted by Crippen LogP contribution is -2.45. The molecule has 17 heavy (non-hydrogen) atoms. The molecule has 1 fully saturated rings. The topological polar surface area (TPSA) is 62.5 Å². The molecule has 2 atom stereocenters. The number of amides is 1. The van der Waals surface area contributed by atoms with Gasteiger partial charge in [0.25, 0.3) is 5.91 Å². The van der Waals surface area contributed by atoms with E-state index in [1.54, 1.807) is 13.0 Å². The Morgan fingerprint density at radius 2 is 2.12 bits per heavy atom. The molecule has 1 aliphatic carbocycles. The van der Waals surface area contributed by atoms with Crippen molar-refractivity contribution in [2.24, 2.45) is 0 Å². The molecule has 0 spiro atoms. The van der Waals surface area contributed by atoms with Crippen LogP contribution in [0.2, 0.25) is 0 Å². The standard InChI is InChI=1S/C13H19NO3/c1-8-7-10(9(2)17-8)13(16)14-11-5-3-4-6-12(11)15/h7,11-12,15H,3-6H2,1-2H3,(H,14,16)/t11-,12-/m0/s1. The fourth-order valence-electron chi connectivity index (χ4n) is 2.38. The lowest BCUT2D eigenvalue weighted by molar-refractivity contribution is 0.0716. The van der Waals surface area contributed by atoms with Crippen molar-refractivity contribution >= 4 is 5.91 Å². The second kappa shape index (κ2) is 4.92. The van der Waals surface area contributed by atoms with Gasteiger partial charge in [0.2, 0.25) is 0 Å². The molecule has 94 valence electrons. The lowest BCUT2D eigenvalue weighted by atomic mass is 9.92. The van der Waals surface area contributed by atoms with Crippen LogP contribution in [-0.4, -0.2) is 23.2 Å². The van der Waals surface area contributed by atoms with Gasteiger partial charge in [0.1, 0.15) is 11.5 Å². The van der Waals surface area contributed by atoms with Gasteiger partial charge in [0, 0.05) is 0 Å². The van der Waals surface area contributed by atoms with Gasteiger partial charge in [0.15, 0.2) is 0 Å². The number of nitrogens with one attached hydrogen (secondary N) is 1. The Bertz CT molecular complexity index is 411. The number of hydrogen-bond donors (Lipinski definition) is 2. The predicted octanol–water partition coefficient (Wildman–Crippen LogP) is 1.93. The largest absolute Gasteiger partial charge is 0.466 e. The maximum absolute atomic E-state index is 12.0. The third kappa shape index (κ3) is 2.69. The van der Waals surface area contributed by atoms with Crippen molar-refractivity contribution < 1.29 is 14.3 Å². The van der Waals surface area contributed by atoms with Crippen LogP contribution in [0.4, 0.5) is 0 Å². The minimum Gasteiger partial charge on any atom is -0.466 e. The summed E-state index contributed by atoms with van der Waals surface area (Å²) in [7, 11) is 0. The first kappa shape index (κ1) is 12.2. The second-order valence-corrected chi connectivity index (χ2v) is 4.76. The zero-order chi connectivity index (χ0) is 12.4.